The predicted molar refractivity (Wildman–Crippen MR) is 92.5 cm³/mol. The van der Waals surface area contributed by atoms with Crippen molar-refractivity contribution in [1.29, 1.82) is 0 Å². The summed E-state index contributed by atoms with van der Waals surface area (Å²) in [6.45, 7) is 7.10. The van der Waals surface area contributed by atoms with E-state index in [0.29, 0.717) is 17.0 Å². The molecule has 0 unspecified atom stereocenters. The first kappa shape index (κ1) is 17.5. The summed E-state index contributed by atoms with van der Waals surface area (Å²) < 4.78 is 5.73. The third-order valence-electron chi connectivity index (χ3n) is 3.78. The van der Waals surface area contributed by atoms with Gasteiger partial charge < -0.3 is 10.1 Å². The van der Waals surface area contributed by atoms with Crippen molar-refractivity contribution in [2.24, 2.45) is 0 Å². The van der Waals surface area contributed by atoms with Crippen LogP contribution in [0.15, 0.2) is 36.4 Å². The average molecular weight is 328 g/mol. The van der Waals surface area contributed by atoms with Crippen LogP contribution in [-0.4, -0.2) is 16.9 Å². The maximum absolute atomic E-state index is 12.3. The van der Waals surface area contributed by atoms with Crippen molar-refractivity contribution in [3.8, 4) is 5.75 Å². The molecule has 0 aliphatic heterocycles. The molecular formula is C18H20N2O4. The van der Waals surface area contributed by atoms with Crippen molar-refractivity contribution in [1.82, 2.24) is 0 Å². The van der Waals surface area contributed by atoms with Gasteiger partial charge in [-0.3, -0.25) is 14.9 Å². The van der Waals surface area contributed by atoms with E-state index in [9.17, 15) is 14.9 Å². The minimum absolute atomic E-state index is 0.0316. The van der Waals surface area contributed by atoms with Crippen molar-refractivity contribution in [3.05, 3.63) is 63.2 Å². The summed E-state index contributed by atoms with van der Waals surface area (Å²) in [5, 5.41) is 13.7. The lowest BCUT2D eigenvalue weighted by Gasteiger charge is -2.17. The standard InChI is InChI=1S/C18H20N2O4/c1-11-8-9-12(2)17(10-11)24-14(4)18(21)19-15-6-5-7-16(13(15)3)20(22)23/h5-10,14H,1-4H3,(H,19,21)/t14-/m1/s1. The molecule has 2 rings (SSSR count). The first-order valence-corrected chi connectivity index (χ1v) is 7.58. The number of hydrogen-bond donors (Lipinski definition) is 1. The summed E-state index contributed by atoms with van der Waals surface area (Å²) in [4.78, 5) is 22.8. The van der Waals surface area contributed by atoms with Gasteiger partial charge in [-0.1, -0.05) is 18.2 Å². The number of nitro groups is 1. The number of carbonyl (C=O) groups is 1. The molecule has 0 aliphatic carbocycles. The van der Waals surface area contributed by atoms with E-state index in [2.05, 4.69) is 5.32 Å². The van der Waals surface area contributed by atoms with E-state index in [0.717, 1.165) is 11.1 Å². The second-order valence-corrected chi connectivity index (χ2v) is 5.73. The summed E-state index contributed by atoms with van der Waals surface area (Å²) in [6, 6.07) is 10.3. The summed E-state index contributed by atoms with van der Waals surface area (Å²) in [7, 11) is 0. The second kappa shape index (κ2) is 7.12. The van der Waals surface area contributed by atoms with E-state index in [1.165, 1.54) is 12.1 Å². The van der Waals surface area contributed by atoms with E-state index in [1.807, 2.05) is 32.0 Å². The smallest absolute Gasteiger partial charge is 0.274 e. The number of rotatable bonds is 5. The van der Waals surface area contributed by atoms with Gasteiger partial charge in [-0.05, 0) is 51.0 Å². The van der Waals surface area contributed by atoms with Crippen LogP contribution in [0.2, 0.25) is 0 Å². The fourth-order valence-electron chi connectivity index (χ4n) is 2.27. The Hall–Kier alpha value is -2.89. The van der Waals surface area contributed by atoms with Gasteiger partial charge in [0.1, 0.15) is 5.75 Å². The van der Waals surface area contributed by atoms with Gasteiger partial charge >= 0.3 is 0 Å². The molecule has 24 heavy (non-hydrogen) atoms. The molecule has 0 aromatic heterocycles. The van der Waals surface area contributed by atoms with Crippen molar-refractivity contribution in [3.63, 3.8) is 0 Å². The molecular weight excluding hydrogens is 308 g/mol. The van der Waals surface area contributed by atoms with Crippen LogP contribution < -0.4 is 10.1 Å². The molecule has 1 atom stereocenters. The van der Waals surface area contributed by atoms with Crippen molar-refractivity contribution in [2.45, 2.75) is 33.8 Å². The number of hydrogen-bond acceptors (Lipinski definition) is 4. The zero-order valence-corrected chi connectivity index (χ0v) is 14.1. The van der Waals surface area contributed by atoms with Crippen LogP contribution in [-0.2, 0) is 4.79 Å². The maximum atomic E-state index is 12.3. The number of nitro benzene ring substituents is 1. The Balaban J connectivity index is 2.14. The quantitative estimate of drug-likeness (QED) is 0.666. The van der Waals surface area contributed by atoms with Gasteiger partial charge in [-0.2, -0.15) is 0 Å². The first-order chi connectivity index (χ1) is 11.3. The Bertz CT molecular complexity index is 787. The number of carbonyl (C=O) groups excluding carboxylic acids is 1. The number of anilines is 1. The third-order valence-corrected chi connectivity index (χ3v) is 3.78. The predicted octanol–water partition coefficient (Wildman–Crippen LogP) is 3.93. The normalized spacial score (nSPS) is 11.7. The number of nitrogens with one attached hydrogen (secondary N) is 1. The monoisotopic (exact) mass is 328 g/mol. The Morgan fingerprint density at radius 2 is 1.92 bits per heavy atom. The average Bonchev–Trinajstić information content (AvgIpc) is 2.52. The number of aryl methyl sites for hydroxylation is 2. The van der Waals surface area contributed by atoms with Crippen LogP contribution in [0.3, 0.4) is 0 Å². The van der Waals surface area contributed by atoms with E-state index >= 15 is 0 Å². The number of benzene rings is 2. The Kier molecular flexibility index (Phi) is 5.18. The summed E-state index contributed by atoms with van der Waals surface area (Å²) in [6.07, 6.45) is -0.732. The fraction of sp³-hybridized carbons (Fsp3) is 0.278. The van der Waals surface area contributed by atoms with Gasteiger partial charge in [0.15, 0.2) is 6.10 Å². The minimum atomic E-state index is -0.732. The molecule has 1 N–H and O–H groups in total. The van der Waals surface area contributed by atoms with E-state index in [1.54, 1.807) is 19.9 Å². The van der Waals surface area contributed by atoms with Crippen LogP contribution in [0.1, 0.15) is 23.6 Å². The zero-order valence-electron chi connectivity index (χ0n) is 14.1. The number of amides is 1. The number of nitrogens with zero attached hydrogens (tertiary/aromatic N) is 1. The molecule has 0 saturated carbocycles. The van der Waals surface area contributed by atoms with Crippen molar-refractivity contribution in [2.75, 3.05) is 5.32 Å². The summed E-state index contributed by atoms with van der Waals surface area (Å²) in [5.41, 5.74) is 2.76. The van der Waals surface area contributed by atoms with E-state index < -0.39 is 11.0 Å². The third kappa shape index (κ3) is 3.90. The van der Waals surface area contributed by atoms with Crippen LogP contribution >= 0.6 is 0 Å². The highest BCUT2D eigenvalue weighted by Gasteiger charge is 2.19. The molecule has 1 amide bonds. The molecule has 0 fully saturated rings. The second-order valence-electron chi connectivity index (χ2n) is 5.73. The van der Waals surface area contributed by atoms with Crippen LogP contribution in [0, 0.1) is 30.9 Å². The molecule has 0 bridgehead atoms. The maximum Gasteiger partial charge on any atom is 0.274 e. The highest BCUT2D eigenvalue weighted by molar-refractivity contribution is 5.95. The largest absolute Gasteiger partial charge is 0.481 e. The van der Waals surface area contributed by atoms with E-state index in [4.69, 9.17) is 4.74 Å². The van der Waals surface area contributed by atoms with E-state index in [-0.39, 0.29) is 11.6 Å². The van der Waals surface area contributed by atoms with Crippen LogP contribution in [0.4, 0.5) is 11.4 Å². The molecule has 126 valence electrons. The molecule has 0 saturated heterocycles. The molecule has 0 heterocycles. The Morgan fingerprint density at radius 1 is 1.21 bits per heavy atom. The summed E-state index contributed by atoms with van der Waals surface area (Å²) >= 11 is 0. The summed E-state index contributed by atoms with van der Waals surface area (Å²) in [5.74, 6) is 0.285. The molecule has 2 aromatic rings. The van der Waals surface area contributed by atoms with Gasteiger partial charge in [0, 0.05) is 6.07 Å². The Labute approximate surface area is 140 Å². The van der Waals surface area contributed by atoms with Crippen molar-refractivity contribution < 1.29 is 14.5 Å². The molecule has 2 aromatic carbocycles. The minimum Gasteiger partial charge on any atom is -0.481 e. The Morgan fingerprint density at radius 3 is 2.58 bits per heavy atom. The van der Waals surface area contributed by atoms with Gasteiger partial charge in [0.05, 0.1) is 16.2 Å². The van der Waals surface area contributed by atoms with Crippen LogP contribution in [0.5, 0.6) is 5.75 Å². The lowest BCUT2D eigenvalue weighted by Crippen LogP contribution is -2.30. The molecule has 6 heteroatoms. The number of ether oxygens (including phenoxy) is 1. The SMILES string of the molecule is Cc1ccc(C)c(O[C@H](C)C(=O)Nc2cccc([N+](=O)[O-])c2C)c1. The molecule has 0 radical (unpaired) electrons. The first-order valence-electron chi connectivity index (χ1n) is 7.58. The van der Waals surface area contributed by atoms with Crippen molar-refractivity contribution >= 4 is 17.3 Å². The molecule has 6 nitrogen and oxygen atoms in total. The highest BCUT2D eigenvalue weighted by Crippen LogP contribution is 2.26. The lowest BCUT2D eigenvalue weighted by molar-refractivity contribution is -0.385. The zero-order chi connectivity index (χ0) is 17.9. The molecule has 0 aliphatic rings. The lowest BCUT2D eigenvalue weighted by atomic mass is 10.1. The fourth-order valence-corrected chi connectivity index (χ4v) is 2.27. The van der Waals surface area contributed by atoms with Crippen LogP contribution in [0.25, 0.3) is 0 Å². The highest BCUT2D eigenvalue weighted by atomic mass is 16.6. The molecule has 0 spiro atoms. The van der Waals surface area contributed by atoms with Gasteiger partial charge in [0.25, 0.3) is 11.6 Å². The topological polar surface area (TPSA) is 81.5 Å². The van der Waals surface area contributed by atoms with Gasteiger partial charge in [-0.25, -0.2) is 0 Å². The van der Waals surface area contributed by atoms with Gasteiger partial charge in [-0.15, -0.1) is 0 Å². The van der Waals surface area contributed by atoms with Gasteiger partial charge in [0.2, 0.25) is 0 Å².